The summed E-state index contributed by atoms with van der Waals surface area (Å²) < 4.78 is 4.85. The smallest absolute Gasteiger partial charge is 0.303 e. The Morgan fingerprint density at radius 1 is 1.33 bits per heavy atom. The first-order chi connectivity index (χ1) is 7.01. The van der Waals surface area contributed by atoms with Gasteiger partial charge in [0.15, 0.2) is 0 Å². The highest BCUT2D eigenvalue weighted by molar-refractivity contribution is 5.87. The van der Waals surface area contributed by atoms with E-state index in [0.717, 1.165) is 0 Å². The number of likely N-dealkylation sites (N-methyl/N-ethyl adjacent to an activating group) is 1. The van der Waals surface area contributed by atoms with Gasteiger partial charge in [0.1, 0.15) is 6.10 Å². The third-order valence-corrected chi connectivity index (χ3v) is 1.94. The summed E-state index contributed by atoms with van der Waals surface area (Å²) >= 11 is 0. The normalized spacial score (nSPS) is 12.5. The number of carbonyl (C=O) groups is 2. The lowest BCUT2D eigenvalue weighted by Gasteiger charge is -2.16. The average Bonchev–Trinajstić information content (AvgIpc) is 2.15. The molecule has 0 aromatic rings. The van der Waals surface area contributed by atoms with Gasteiger partial charge in [-0.2, -0.15) is 0 Å². The van der Waals surface area contributed by atoms with Crippen LogP contribution in [0, 0.1) is 0 Å². The van der Waals surface area contributed by atoms with Gasteiger partial charge < -0.3 is 9.64 Å². The topological polar surface area (TPSA) is 46.6 Å². The fraction of sp³-hybridized carbons (Fsp3) is 0.636. The molecule has 15 heavy (non-hydrogen) atoms. The Morgan fingerprint density at radius 2 is 1.87 bits per heavy atom. The Morgan fingerprint density at radius 3 is 2.27 bits per heavy atom. The van der Waals surface area contributed by atoms with Gasteiger partial charge in [0.05, 0.1) is 0 Å². The van der Waals surface area contributed by atoms with E-state index in [0.29, 0.717) is 13.1 Å². The highest BCUT2D eigenvalue weighted by atomic mass is 16.5. The molecule has 1 unspecified atom stereocenters. The molecule has 0 aromatic carbocycles. The zero-order chi connectivity index (χ0) is 11.8. The van der Waals surface area contributed by atoms with Gasteiger partial charge in [-0.05, 0) is 26.8 Å². The maximum atomic E-state index is 11.5. The van der Waals surface area contributed by atoms with Crippen molar-refractivity contribution in [3.05, 3.63) is 12.2 Å². The highest BCUT2D eigenvalue weighted by Crippen LogP contribution is 1.96. The molecule has 4 nitrogen and oxygen atoms in total. The van der Waals surface area contributed by atoms with Crippen molar-refractivity contribution in [1.82, 2.24) is 4.90 Å². The van der Waals surface area contributed by atoms with Crippen molar-refractivity contribution in [3.63, 3.8) is 0 Å². The Bertz CT molecular complexity index is 244. The first kappa shape index (κ1) is 13.7. The van der Waals surface area contributed by atoms with Crippen LogP contribution in [0.25, 0.3) is 0 Å². The Hall–Kier alpha value is -1.32. The molecular formula is C11H19NO3. The van der Waals surface area contributed by atoms with Crippen LogP contribution < -0.4 is 0 Å². The van der Waals surface area contributed by atoms with Crippen LogP contribution in [0.5, 0.6) is 0 Å². The van der Waals surface area contributed by atoms with Crippen molar-refractivity contribution >= 4 is 11.9 Å². The number of hydrogen-bond acceptors (Lipinski definition) is 3. The maximum absolute atomic E-state index is 11.5. The lowest BCUT2D eigenvalue weighted by molar-refractivity contribution is -0.143. The zero-order valence-electron chi connectivity index (χ0n) is 9.82. The van der Waals surface area contributed by atoms with Gasteiger partial charge >= 0.3 is 5.97 Å². The quantitative estimate of drug-likeness (QED) is 0.511. The number of esters is 1. The van der Waals surface area contributed by atoms with E-state index < -0.39 is 0 Å². The number of rotatable bonds is 5. The van der Waals surface area contributed by atoms with E-state index in [1.54, 1.807) is 17.9 Å². The number of ether oxygens (including phenoxy) is 1. The SMILES string of the molecule is CCN(CC)C(=O)/C=C/C(C)OC(C)=O. The van der Waals surface area contributed by atoms with Crippen LogP contribution in [0.2, 0.25) is 0 Å². The molecule has 0 heterocycles. The van der Waals surface area contributed by atoms with Crippen LogP contribution in [0.4, 0.5) is 0 Å². The molecular weight excluding hydrogens is 194 g/mol. The molecule has 0 aliphatic carbocycles. The van der Waals surface area contributed by atoms with E-state index in [2.05, 4.69) is 0 Å². The summed E-state index contributed by atoms with van der Waals surface area (Å²) in [5, 5.41) is 0. The van der Waals surface area contributed by atoms with Crippen LogP contribution in [-0.4, -0.2) is 36.0 Å². The molecule has 0 saturated carbocycles. The van der Waals surface area contributed by atoms with Gasteiger partial charge in [-0.15, -0.1) is 0 Å². The summed E-state index contributed by atoms with van der Waals surface area (Å²) in [7, 11) is 0. The number of hydrogen-bond donors (Lipinski definition) is 0. The Labute approximate surface area is 90.9 Å². The zero-order valence-corrected chi connectivity index (χ0v) is 9.82. The van der Waals surface area contributed by atoms with Crippen LogP contribution >= 0.6 is 0 Å². The van der Waals surface area contributed by atoms with Gasteiger partial charge in [0.25, 0.3) is 0 Å². The predicted molar refractivity (Wildman–Crippen MR) is 58.3 cm³/mol. The standard InChI is InChI=1S/C11H19NO3/c1-5-12(6-2)11(14)8-7-9(3)15-10(4)13/h7-9H,5-6H2,1-4H3/b8-7+. The van der Waals surface area contributed by atoms with Crippen molar-refractivity contribution in [2.24, 2.45) is 0 Å². The molecule has 1 atom stereocenters. The fourth-order valence-electron chi connectivity index (χ4n) is 1.16. The van der Waals surface area contributed by atoms with Crippen molar-refractivity contribution in [2.75, 3.05) is 13.1 Å². The number of amides is 1. The minimum absolute atomic E-state index is 0.0565. The second-order valence-electron chi connectivity index (χ2n) is 3.18. The van der Waals surface area contributed by atoms with Crippen molar-refractivity contribution < 1.29 is 14.3 Å². The molecule has 0 N–H and O–H groups in total. The molecule has 0 aromatic heterocycles. The summed E-state index contributed by atoms with van der Waals surface area (Å²) in [4.78, 5) is 23.8. The van der Waals surface area contributed by atoms with E-state index in [9.17, 15) is 9.59 Å². The molecule has 0 spiro atoms. The van der Waals surface area contributed by atoms with Crippen molar-refractivity contribution in [1.29, 1.82) is 0 Å². The van der Waals surface area contributed by atoms with Gasteiger partial charge in [-0.3, -0.25) is 9.59 Å². The molecule has 0 saturated heterocycles. The summed E-state index contributed by atoms with van der Waals surface area (Å²) in [6.07, 6.45) is 2.67. The first-order valence-electron chi connectivity index (χ1n) is 5.15. The minimum Gasteiger partial charge on any atom is -0.459 e. The third kappa shape index (κ3) is 5.88. The monoisotopic (exact) mass is 213 g/mol. The second-order valence-corrected chi connectivity index (χ2v) is 3.18. The summed E-state index contributed by atoms with van der Waals surface area (Å²) in [5.41, 5.74) is 0. The molecule has 0 rings (SSSR count). The van der Waals surface area contributed by atoms with Crippen LogP contribution in [0.3, 0.4) is 0 Å². The lowest BCUT2D eigenvalue weighted by Crippen LogP contribution is -2.29. The first-order valence-corrected chi connectivity index (χ1v) is 5.15. The Kier molecular flexibility index (Phi) is 6.42. The van der Waals surface area contributed by atoms with Crippen LogP contribution in [-0.2, 0) is 14.3 Å². The maximum Gasteiger partial charge on any atom is 0.303 e. The van der Waals surface area contributed by atoms with Crippen molar-refractivity contribution in [2.45, 2.75) is 33.8 Å². The Balaban J connectivity index is 4.14. The van der Waals surface area contributed by atoms with Gasteiger partial charge in [-0.25, -0.2) is 0 Å². The largest absolute Gasteiger partial charge is 0.459 e. The van der Waals surface area contributed by atoms with E-state index in [4.69, 9.17) is 4.74 Å². The minimum atomic E-state index is -0.359. The van der Waals surface area contributed by atoms with E-state index in [1.807, 2.05) is 13.8 Å². The third-order valence-electron chi connectivity index (χ3n) is 1.94. The highest BCUT2D eigenvalue weighted by Gasteiger charge is 2.06. The van der Waals surface area contributed by atoms with E-state index in [-0.39, 0.29) is 18.0 Å². The summed E-state index contributed by atoms with van der Waals surface area (Å²) in [6.45, 7) is 8.27. The molecule has 0 fully saturated rings. The van der Waals surface area contributed by atoms with Gasteiger partial charge in [0, 0.05) is 26.1 Å². The molecule has 86 valence electrons. The fourth-order valence-corrected chi connectivity index (χ4v) is 1.16. The predicted octanol–water partition coefficient (Wildman–Crippen LogP) is 1.36. The lowest BCUT2D eigenvalue weighted by atomic mass is 10.3. The number of nitrogens with zero attached hydrogens (tertiary/aromatic N) is 1. The molecule has 4 heteroatoms. The van der Waals surface area contributed by atoms with Crippen LogP contribution in [0.1, 0.15) is 27.7 Å². The molecule has 1 amide bonds. The molecule has 0 aliphatic rings. The number of carbonyl (C=O) groups excluding carboxylic acids is 2. The molecule has 0 aliphatic heterocycles. The van der Waals surface area contributed by atoms with Crippen molar-refractivity contribution in [3.8, 4) is 0 Å². The van der Waals surface area contributed by atoms with Gasteiger partial charge in [0.2, 0.25) is 5.91 Å². The summed E-state index contributed by atoms with van der Waals surface area (Å²) in [5.74, 6) is -0.401. The van der Waals surface area contributed by atoms with E-state index >= 15 is 0 Å². The molecule has 0 bridgehead atoms. The van der Waals surface area contributed by atoms with E-state index in [1.165, 1.54) is 13.0 Å². The second kappa shape index (κ2) is 7.04. The summed E-state index contributed by atoms with van der Waals surface area (Å²) in [6, 6.07) is 0. The average molecular weight is 213 g/mol. The van der Waals surface area contributed by atoms with Gasteiger partial charge in [-0.1, -0.05) is 0 Å². The molecule has 0 radical (unpaired) electrons. The van der Waals surface area contributed by atoms with Crippen LogP contribution in [0.15, 0.2) is 12.2 Å².